The molecule has 2 N–H and O–H groups in total. The van der Waals surface area contributed by atoms with Crippen LogP contribution in [-0.2, 0) is 9.78 Å². The van der Waals surface area contributed by atoms with Crippen molar-refractivity contribution in [2.75, 3.05) is 5.73 Å². The average Bonchev–Trinajstić information content (AvgIpc) is 2.68. The van der Waals surface area contributed by atoms with Gasteiger partial charge in [-0.3, -0.25) is 0 Å². The Balaban J connectivity index is 1.83. The molecule has 0 saturated carbocycles. The van der Waals surface area contributed by atoms with E-state index >= 15 is 0 Å². The summed E-state index contributed by atoms with van der Waals surface area (Å²) in [4.78, 5) is 33.8. The molecule has 0 aliphatic heterocycles. The number of carbonyl (C=O) groups is 2. The van der Waals surface area contributed by atoms with Gasteiger partial charge in [-0.05, 0) is 47.9 Å². The summed E-state index contributed by atoms with van der Waals surface area (Å²) < 4.78 is 0. The van der Waals surface area contributed by atoms with Gasteiger partial charge in [-0.25, -0.2) is 19.4 Å². The number of nitrogens with two attached hydrogens (primary N) is 1. The molecule has 3 aromatic carbocycles. The maximum absolute atomic E-state index is 12.4. The van der Waals surface area contributed by atoms with Crippen LogP contribution in [0.5, 0.6) is 0 Å². The molecule has 0 saturated heterocycles. The van der Waals surface area contributed by atoms with E-state index in [1.165, 1.54) is 0 Å². The SMILES string of the molecule is Cc1c(N)cccc1-c1ccccc1C(=O)OOC(=O)c1ccccc1. The van der Waals surface area contributed by atoms with E-state index in [2.05, 4.69) is 4.89 Å². The predicted octanol–water partition coefficient (Wildman–Crippen LogP) is 4.17. The Hall–Kier alpha value is -3.60. The third-order valence-electron chi connectivity index (χ3n) is 4.02. The first-order chi connectivity index (χ1) is 12.6. The first kappa shape index (κ1) is 17.2. The molecule has 0 spiro atoms. The number of nitrogen functional groups attached to an aromatic ring is 1. The lowest BCUT2D eigenvalue weighted by Gasteiger charge is -2.12. The number of hydrogen-bond donors (Lipinski definition) is 1. The zero-order valence-electron chi connectivity index (χ0n) is 14.1. The van der Waals surface area contributed by atoms with E-state index < -0.39 is 11.9 Å². The Bertz CT molecular complexity index is 951. The van der Waals surface area contributed by atoms with Gasteiger partial charge < -0.3 is 5.73 Å². The molecule has 26 heavy (non-hydrogen) atoms. The van der Waals surface area contributed by atoms with Gasteiger partial charge in [0.1, 0.15) is 0 Å². The predicted molar refractivity (Wildman–Crippen MR) is 98.3 cm³/mol. The lowest BCUT2D eigenvalue weighted by molar-refractivity contribution is -0.187. The van der Waals surface area contributed by atoms with Gasteiger partial charge in [0.15, 0.2) is 0 Å². The summed E-state index contributed by atoms with van der Waals surface area (Å²) in [5.41, 5.74) is 9.48. The summed E-state index contributed by atoms with van der Waals surface area (Å²) in [6.45, 7) is 1.88. The summed E-state index contributed by atoms with van der Waals surface area (Å²) in [6, 6.07) is 20.7. The fourth-order valence-electron chi connectivity index (χ4n) is 2.58. The van der Waals surface area contributed by atoms with Crippen molar-refractivity contribution in [3.8, 4) is 11.1 Å². The van der Waals surface area contributed by atoms with Crippen LogP contribution >= 0.6 is 0 Å². The average molecular weight is 347 g/mol. The lowest BCUT2D eigenvalue weighted by Crippen LogP contribution is -2.12. The highest BCUT2D eigenvalue weighted by Crippen LogP contribution is 2.30. The van der Waals surface area contributed by atoms with Crippen molar-refractivity contribution >= 4 is 17.6 Å². The van der Waals surface area contributed by atoms with Gasteiger partial charge in [0, 0.05) is 5.69 Å². The van der Waals surface area contributed by atoms with Crippen LogP contribution in [0.2, 0.25) is 0 Å². The summed E-state index contributed by atoms with van der Waals surface area (Å²) in [6.07, 6.45) is 0. The standard InChI is InChI=1S/C21H17NO4/c1-14-16(12-7-13-19(14)22)17-10-5-6-11-18(17)21(24)26-25-20(23)15-8-3-2-4-9-15/h2-13H,22H2,1H3. The Labute approximate surface area is 150 Å². The molecule has 0 aromatic heterocycles. The van der Waals surface area contributed by atoms with Gasteiger partial charge in [0.2, 0.25) is 0 Å². The van der Waals surface area contributed by atoms with E-state index in [4.69, 9.17) is 10.6 Å². The molecule has 0 fully saturated rings. The number of rotatable bonds is 3. The Kier molecular flexibility index (Phi) is 4.99. The van der Waals surface area contributed by atoms with E-state index in [9.17, 15) is 9.59 Å². The fraction of sp³-hybridized carbons (Fsp3) is 0.0476. The largest absolute Gasteiger partial charge is 0.398 e. The summed E-state index contributed by atoms with van der Waals surface area (Å²) >= 11 is 0. The number of benzene rings is 3. The van der Waals surface area contributed by atoms with Gasteiger partial charge in [-0.15, -0.1) is 0 Å². The molecule has 0 radical (unpaired) electrons. The maximum atomic E-state index is 12.4. The molecule has 130 valence electrons. The van der Waals surface area contributed by atoms with Crippen molar-refractivity contribution in [1.29, 1.82) is 0 Å². The summed E-state index contributed by atoms with van der Waals surface area (Å²) in [7, 11) is 0. The zero-order valence-corrected chi connectivity index (χ0v) is 14.1. The van der Waals surface area contributed by atoms with Crippen molar-refractivity contribution in [3.63, 3.8) is 0 Å². The Morgan fingerprint density at radius 3 is 2.12 bits per heavy atom. The second kappa shape index (κ2) is 7.53. The third-order valence-corrected chi connectivity index (χ3v) is 4.02. The number of hydrogen-bond acceptors (Lipinski definition) is 5. The molecule has 3 rings (SSSR count). The van der Waals surface area contributed by atoms with Crippen molar-refractivity contribution in [3.05, 3.63) is 89.5 Å². The van der Waals surface area contributed by atoms with Crippen molar-refractivity contribution in [2.24, 2.45) is 0 Å². The topological polar surface area (TPSA) is 78.6 Å². The number of carbonyl (C=O) groups excluding carboxylic acids is 2. The number of anilines is 1. The van der Waals surface area contributed by atoms with E-state index in [-0.39, 0.29) is 5.56 Å². The van der Waals surface area contributed by atoms with Gasteiger partial charge in [-0.1, -0.05) is 48.5 Å². The van der Waals surface area contributed by atoms with Crippen LogP contribution in [-0.4, -0.2) is 11.9 Å². The van der Waals surface area contributed by atoms with Crippen molar-refractivity contribution < 1.29 is 19.4 Å². The minimum Gasteiger partial charge on any atom is -0.398 e. The third kappa shape index (κ3) is 3.57. The molecular weight excluding hydrogens is 330 g/mol. The van der Waals surface area contributed by atoms with Crippen LogP contribution in [0, 0.1) is 6.92 Å². The van der Waals surface area contributed by atoms with E-state index in [0.717, 1.165) is 11.1 Å². The molecular formula is C21H17NO4. The van der Waals surface area contributed by atoms with E-state index in [1.807, 2.05) is 25.1 Å². The van der Waals surface area contributed by atoms with Crippen molar-refractivity contribution in [1.82, 2.24) is 0 Å². The minimum atomic E-state index is -0.758. The molecule has 0 heterocycles. The van der Waals surface area contributed by atoms with Crippen LogP contribution in [0.25, 0.3) is 11.1 Å². The van der Waals surface area contributed by atoms with E-state index in [1.54, 1.807) is 54.6 Å². The maximum Gasteiger partial charge on any atom is 0.386 e. The van der Waals surface area contributed by atoms with Crippen LogP contribution in [0.4, 0.5) is 5.69 Å². The first-order valence-electron chi connectivity index (χ1n) is 8.00. The highest BCUT2D eigenvalue weighted by atomic mass is 17.2. The highest BCUT2D eigenvalue weighted by molar-refractivity contribution is 5.98. The molecule has 0 aliphatic rings. The molecule has 3 aromatic rings. The second-order valence-corrected chi connectivity index (χ2v) is 5.67. The van der Waals surface area contributed by atoms with E-state index in [0.29, 0.717) is 16.8 Å². The normalized spacial score (nSPS) is 10.2. The van der Waals surface area contributed by atoms with Crippen LogP contribution in [0.1, 0.15) is 26.3 Å². The monoisotopic (exact) mass is 347 g/mol. The molecule has 0 aliphatic carbocycles. The molecule has 0 bridgehead atoms. The van der Waals surface area contributed by atoms with Crippen LogP contribution in [0.15, 0.2) is 72.8 Å². The minimum absolute atomic E-state index is 0.280. The fourth-order valence-corrected chi connectivity index (χ4v) is 2.58. The molecule has 0 unspecified atom stereocenters. The van der Waals surface area contributed by atoms with Crippen LogP contribution < -0.4 is 5.73 Å². The summed E-state index contributed by atoms with van der Waals surface area (Å²) in [5.74, 6) is -1.50. The Morgan fingerprint density at radius 2 is 1.35 bits per heavy atom. The molecule has 0 atom stereocenters. The van der Waals surface area contributed by atoms with Crippen LogP contribution in [0.3, 0.4) is 0 Å². The molecule has 5 heteroatoms. The van der Waals surface area contributed by atoms with Gasteiger partial charge >= 0.3 is 11.9 Å². The lowest BCUT2D eigenvalue weighted by atomic mass is 9.95. The van der Waals surface area contributed by atoms with Gasteiger partial charge in [0.25, 0.3) is 0 Å². The van der Waals surface area contributed by atoms with Crippen molar-refractivity contribution in [2.45, 2.75) is 6.92 Å². The van der Waals surface area contributed by atoms with Gasteiger partial charge in [0.05, 0.1) is 11.1 Å². The molecule has 0 amide bonds. The second-order valence-electron chi connectivity index (χ2n) is 5.67. The summed E-state index contributed by atoms with van der Waals surface area (Å²) in [5, 5.41) is 0. The quantitative estimate of drug-likeness (QED) is 0.437. The molecule has 5 nitrogen and oxygen atoms in total. The Morgan fingerprint density at radius 1 is 0.731 bits per heavy atom. The highest BCUT2D eigenvalue weighted by Gasteiger charge is 2.19. The zero-order chi connectivity index (χ0) is 18.5. The van der Waals surface area contributed by atoms with Gasteiger partial charge in [-0.2, -0.15) is 0 Å². The smallest absolute Gasteiger partial charge is 0.386 e. The first-order valence-corrected chi connectivity index (χ1v) is 8.00.